The van der Waals surface area contributed by atoms with Crippen molar-refractivity contribution in [1.82, 2.24) is 0 Å². The van der Waals surface area contributed by atoms with Crippen LogP contribution in [0.3, 0.4) is 0 Å². The summed E-state index contributed by atoms with van der Waals surface area (Å²) in [6.07, 6.45) is 13.1. The van der Waals surface area contributed by atoms with Crippen LogP contribution in [0.15, 0.2) is 73.4 Å². The first-order valence-electron chi connectivity index (χ1n) is 4.21. The fourth-order valence-corrected chi connectivity index (χ4v) is 0.949. The molecule has 0 aliphatic rings. The minimum Gasteiger partial charge on any atom is -0.0991 e. The lowest BCUT2D eigenvalue weighted by atomic mass is 10.1. The first kappa shape index (κ1) is 11.4. The van der Waals surface area contributed by atoms with Crippen LogP contribution in [-0.4, -0.2) is 0 Å². The topological polar surface area (TPSA) is 0 Å². The van der Waals surface area contributed by atoms with Gasteiger partial charge in [0.05, 0.1) is 0 Å². The molecule has 0 bridgehead atoms. The standard InChI is InChI=1S/C13H16/c1-5-9-11-13(10-6-2)12(7-3)8-4/h5-11H,1-3H2,4H3/b11-9-,12-8-,13-10-. The van der Waals surface area contributed by atoms with Gasteiger partial charge in [-0.25, -0.2) is 0 Å². The molecule has 0 aromatic rings. The second kappa shape index (κ2) is 7.11. The number of hydrogen-bond donors (Lipinski definition) is 0. The molecule has 0 amide bonds. The predicted molar refractivity (Wildman–Crippen MR) is 61.6 cm³/mol. The van der Waals surface area contributed by atoms with Gasteiger partial charge < -0.3 is 0 Å². The number of hydrogen-bond acceptors (Lipinski definition) is 0. The Balaban J connectivity index is 4.90. The zero-order valence-corrected chi connectivity index (χ0v) is 8.16. The van der Waals surface area contributed by atoms with Crippen LogP contribution in [0.5, 0.6) is 0 Å². The van der Waals surface area contributed by atoms with E-state index in [-0.39, 0.29) is 0 Å². The van der Waals surface area contributed by atoms with Crippen molar-refractivity contribution in [3.63, 3.8) is 0 Å². The van der Waals surface area contributed by atoms with E-state index in [4.69, 9.17) is 0 Å². The van der Waals surface area contributed by atoms with Crippen molar-refractivity contribution in [3.05, 3.63) is 73.4 Å². The van der Waals surface area contributed by atoms with Crippen molar-refractivity contribution < 1.29 is 0 Å². The zero-order chi connectivity index (χ0) is 10.1. The summed E-state index contributed by atoms with van der Waals surface area (Å²) >= 11 is 0. The van der Waals surface area contributed by atoms with Gasteiger partial charge in [0.2, 0.25) is 0 Å². The molecule has 68 valence electrons. The Bertz CT molecular complexity index is 272. The van der Waals surface area contributed by atoms with E-state index in [2.05, 4.69) is 19.7 Å². The third kappa shape index (κ3) is 4.12. The summed E-state index contributed by atoms with van der Waals surface area (Å²) in [7, 11) is 0. The second-order valence-electron chi connectivity index (χ2n) is 2.40. The van der Waals surface area contributed by atoms with E-state index < -0.39 is 0 Å². The fraction of sp³-hybridized carbons (Fsp3) is 0.0769. The van der Waals surface area contributed by atoms with Crippen LogP contribution in [0.4, 0.5) is 0 Å². The molecule has 0 aromatic heterocycles. The molecule has 0 heteroatoms. The van der Waals surface area contributed by atoms with Crippen molar-refractivity contribution >= 4 is 0 Å². The summed E-state index contributed by atoms with van der Waals surface area (Å²) in [6.45, 7) is 13.0. The van der Waals surface area contributed by atoms with E-state index in [1.54, 1.807) is 12.2 Å². The van der Waals surface area contributed by atoms with Crippen LogP contribution in [0, 0.1) is 0 Å². The highest BCUT2D eigenvalue weighted by Crippen LogP contribution is 2.12. The van der Waals surface area contributed by atoms with E-state index in [0.29, 0.717) is 0 Å². The predicted octanol–water partition coefficient (Wildman–Crippen LogP) is 3.97. The molecule has 0 rings (SSSR count). The van der Waals surface area contributed by atoms with Crippen molar-refractivity contribution in [3.8, 4) is 0 Å². The highest BCUT2D eigenvalue weighted by atomic mass is 14.0. The molecule has 0 N–H and O–H groups in total. The molecule has 0 radical (unpaired) electrons. The maximum atomic E-state index is 3.74. The summed E-state index contributed by atoms with van der Waals surface area (Å²) in [4.78, 5) is 0. The SMILES string of the molecule is C=C\C=C/C(=C/C=C)C(/C=C)=C\C. The van der Waals surface area contributed by atoms with E-state index in [1.165, 1.54) is 0 Å². The highest BCUT2D eigenvalue weighted by molar-refractivity contribution is 5.47. The lowest BCUT2D eigenvalue weighted by Gasteiger charge is -2.00. The molecular weight excluding hydrogens is 156 g/mol. The summed E-state index contributed by atoms with van der Waals surface area (Å²) < 4.78 is 0. The molecule has 0 nitrogen and oxygen atoms in total. The summed E-state index contributed by atoms with van der Waals surface area (Å²) in [5, 5.41) is 0. The Hall–Kier alpha value is -1.56. The molecule has 0 aliphatic carbocycles. The lowest BCUT2D eigenvalue weighted by molar-refractivity contribution is 1.51. The lowest BCUT2D eigenvalue weighted by Crippen LogP contribution is -1.80. The van der Waals surface area contributed by atoms with Crippen LogP contribution < -0.4 is 0 Å². The van der Waals surface area contributed by atoms with Crippen LogP contribution in [-0.2, 0) is 0 Å². The average molecular weight is 172 g/mol. The van der Waals surface area contributed by atoms with Crippen LogP contribution in [0.1, 0.15) is 6.92 Å². The molecule has 0 aromatic carbocycles. The Kier molecular flexibility index (Phi) is 6.26. The average Bonchev–Trinajstić information content (AvgIpc) is 2.16. The van der Waals surface area contributed by atoms with Crippen molar-refractivity contribution in [1.29, 1.82) is 0 Å². The largest absolute Gasteiger partial charge is 0.0991 e. The molecular formula is C13H16. The molecule has 0 heterocycles. The summed E-state index contributed by atoms with van der Waals surface area (Å²) in [5.74, 6) is 0. The molecule has 0 saturated carbocycles. The van der Waals surface area contributed by atoms with E-state index in [1.807, 2.05) is 37.3 Å². The van der Waals surface area contributed by atoms with E-state index in [9.17, 15) is 0 Å². The third-order valence-corrected chi connectivity index (χ3v) is 1.57. The molecule has 0 unspecified atom stereocenters. The van der Waals surface area contributed by atoms with Gasteiger partial charge in [0.1, 0.15) is 0 Å². The first-order valence-corrected chi connectivity index (χ1v) is 4.21. The van der Waals surface area contributed by atoms with Crippen molar-refractivity contribution in [2.24, 2.45) is 0 Å². The van der Waals surface area contributed by atoms with Crippen molar-refractivity contribution in [2.75, 3.05) is 0 Å². The van der Waals surface area contributed by atoms with E-state index in [0.717, 1.165) is 11.1 Å². The van der Waals surface area contributed by atoms with Gasteiger partial charge in [-0.05, 0) is 18.1 Å². The quantitative estimate of drug-likeness (QED) is 0.550. The molecule has 13 heavy (non-hydrogen) atoms. The van der Waals surface area contributed by atoms with Gasteiger partial charge in [-0.2, -0.15) is 0 Å². The summed E-state index contributed by atoms with van der Waals surface area (Å²) in [5.41, 5.74) is 2.19. The zero-order valence-electron chi connectivity index (χ0n) is 8.16. The number of rotatable bonds is 5. The molecule has 0 aliphatic heterocycles. The Morgan fingerprint density at radius 2 is 1.69 bits per heavy atom. The molecule has 0 spiro atoms. The first-order chi connectivity index (χ1) is 6.29. The molecule has 0 fully saturated rings. The monoisotopic (exact) mass is 172 g/mol. The maximum Gasteiger partial charge on any atom is -0.0188 e. The summed E-state index contributed by atoms with van der Waals surface area (Å²) in [6, 6.07) is 0. The van der Waals surface area contributed by atoms with Crippen LogP contribution in [0.2, 0.25) is 0 Å². The van der Waals surface area contributed by atoms with Gasteiger partial charge in [-0.3, -0.25) is 0 Å². The van der Waals surface area contributed by atoms with E-state index >= 15 is 0 Å². The normalized spacial score (nSPS) is 13.0. The Morgan fingerprint density at radius 3 is 2.08 bits per heavy atom. The number of allylic oxidation sites excluding steroid dienone is 9. The maximum absolute atomic E-state index is 3.74. The van der Waals surface area contributed by atoms with Gasteiger partial charge in [-0.1, -0.05) is 62.3 Å². The fourth-order valence-electron chi connectivity index (χ4n) is 0.949. The minimum absolute atomic E-state index is 1.09. The van der Waals surface area contributed by atoms with Gasteiger partial charge in [-0.15, -0.1) is 0 Å². The van der Waals surface area contributed by atoms with Gasteiger partial charge in [0.15, 0.2) is 0 Å². The van der Waals surface area contributed by atoms with Gasteiger partial charge in [0.25, 0.3) is 0 Å². The van der Waals surface area contributed by atoms with Gasteiger partial charge in [0, 0.05) is 0 Å². The third-order valence-electron chi connectivity index (χ3n) is 1.57. The van der Waals surface area contributed by atoms with Crippen LogP contribution in [0.25, 0.3) is 0 Å². The Morgan fingerprint density at radius 1 is 1.00 bits per heavy atom. The van der Waals surface area contributed by atoms with Crippen molar-refractivity contribution in [2.45, 2.75) is 6.92 Å². The highest BCUT2D eigenvalue weighted by Gasteiger charge is 1.93. The molecule has 0 atom stereocenters. The van der Waals surface area contributed by atoms with Crippen LogP contribution >= 0.6 is 0 Å². The smallest absolute Gasteiger partial charge is 0.0188 e. The molecule has 0 saturated heterocycles. The minimum atomic E-state index is 1.09. The second-order valence-corrected chi connectivity index (χ2v) is 2.40. The van der Waals surface area contributed by atoms with Gasteiger partial charge >= 0.3 is 0 Å². The Labute approximate surface area is 81.0 Å².